The van der Waals surface area contributed by atoms with Gasteiger partial charge in [-0.3, -0.25) is 4.79 Å². The summed E-state index contributed by atoms with van der Waals surface area (Å²) >= 11 is 0. The quantitative estimate of drug-likeness (QED) is 0.839. The predicted molar refractivity (Wildman–Crippen MR) is 96.4 cm³/mol. The van der Waals surface area contributed by atoms with Crippen LogP contribution in [0, 0.1) is 0 Å². The summed E-state index contributed by atoms with van der Waals surface area (Å²) in [6.45, 7) is 4.64. The van der Waals surface area contributed by atoms with Gasteiger partial charge in [0.1, 0.15) is 5.69 Å². The van der Waals surface area contributed by atoms with Crippen LogP contribution in [0.2, 0.25) is 0 Å². The van der Waals surface area contributed by atoms with Gasteiger partial charge in [0.05, 0.1) is 6.10 Å². The van der Waals surface area contributed by atoms with E-state index < -0.39 is 0 Å². The molecule has 1 amide bonds. The molecule has 1 saturated heterocycles. The molecule has 1 aromatic heterocycles. The van der Waals surface area contributed by atoms with Crippen molar-refractivity contribution in [1.82, 2.24) is 14.9 Å². The molecule has 132 valence electrons. The van der Waals surface area contributed by atoms with Gasteiger partial charge >= 0.3 is 0 Å². The van der Waals surface area contributed by atoms with Crippen LogP contribution < -0.4 is 5.32 Å². The van der Waals surface area contributed by atoms with Gasteiger partial charge in [0.25, 0.3) is 5.91 Å². The minimum atomic E-state index is -0.0890. The molecule has 1 fully saturated rings. The highest BCUT2D eigenvalue weighted by atomic mass is 16.5. The molecule has 1 aliphatic rings. The summed E-state index contributed by atoms with van der Waals surface area (Å²) < 4.78 is 5.58. The Kier molecular flexibility index (Phi) is 5.95. The SMILES string of the molecule is CCN(Cc1ccccc1)C(=O)c1ccnc(NCC2CCCO2)n1. The van der Waals surface area contributed by atoms with Crippen molar-refractivity contribution in [2.24, 2.45) is 0 Å². The summed E-state index contributed by atoms with van der Waals surface area (Å²) in [5.41, 5.74) is 1.51. The molecule has 1 N–H and O–H groups in total. The Labute approximate surface area is 148 Å². The lowest BCUT2D eigenvalue weighted by Gasteiger charge is -2.20. The topological polar surface area (TPSA) is 67.4 Å². The summed E-state index contributed by atoms with van der Waals surface area (Å²) in [5.74, 6) is 0.381. The zero-order valence-electron chi connectivity index (χ0n) is 14.5. The van der Waals surface area contributed by atoms with Crippen molar-refractivity contribution in [2.75, 3.05) is 25.0 Å². The molecule has 1 unspecified atom stereocenters. The molecule has 6 nitrogen and oxygen atoms in total. The molecule has 0 spiro atoms. The van der Waals surface area contributed by atoms with Gasteiger partial charge in [0.15, 0.2) is 0 Å². The van der Waals surface area contributed by atoms with Crippen molar-refractivity contribution in [3.63, 3.8) is 0 Å². The summed E-state index contributed by atoms with van der Waals surface area (Å²) in [6.07, 6.45) is 3.96. The van der Waals surface area contributed by atoms with Crippen molar-refractivity contribution in [3.8, 4) is 0 Å². The van der Waals surface area contributed by atoms with Gasteiger partial charge in [-0.15, -0.1) is 0 Å². The molecule has 1 aliphatic heterocycles. The van der Waals surface area contributed by atoms with Crippen LogP contribution in [0.3, 0.4) is 0 Å². The Morgan fingerprint density at radius 2 is 2.16 bits per heavy atom. The molecule has 0 aliphatic carbocycles. The van der Waals surface area contributed by atoms with Gasteiger partial charge < -0.3 is 15.0 Å². The maximum Gasteiger partial charge on any atom is 0.272 e. The van der Waals surface area contributed by atoms with Crippen molar-refractivity contribution in [3.05, 3.63) is 53.9 Å². The molecule has 0 saturated carbocycles. The van der Waals surface area contributed by atoms with E-state index in [9.17, 15) is 4.79 Å². The lowest BCUT2D eigenvalue weighted by atomic mass is 10.2. The number of hydrogen-bond donors (Lipinski definition) is 1. The third-order valence-electron chi connectivity index (χ3n) is 4.27. The predicted octanol–water partition coefficient (Wildman–Crippen LogP) is 2.73. The Morgan fingerprint density at radius 1 is 1.32 bits per heavy atom. The summed E-state index contributed by atoms with van der Waals surface area (Å²) in [6, 6.07) is 11.6. The first-order valence-corrected chi connectivity index (χ1v) is 8.78. The molecule has 2 aromatic rings. The second-order valence-corrected chi connectivity index (χ2v) is 6.09. The van der Waals surface area contributed by atoms with E-state index in [1.54, 1.807) is 17.2 Å². The van der Waals surface area contributed by atoms with E-state index in [0.29, 0.717) is 31.3 Å². The second kappa shape index (κ2) is 8.58. The van der Waals surface area contributed by atoms with Crippen molar-refractivity contribution in [1.29, 1.82) is 0 Å². The smallest absolute Gasteiger partial charge is 0.272 e. The highest BCUT2D eigenvalue weighted by molar-refractivity contribution is 5.92. The van der Waals surface area contributed by atoms with E-state index in [1.165, 1.54) is 0 Å². The maximum atomic E-state index is 12.8. The third kappa shape index (κ3) is 4.76. The van der Waals surface area contributed by atoms with Crippen LogP contribution in [-0.4, -0.2) is 46.6 Å². The fourth-order valence-electron chi connectivity index (χ4n) is 2.87. The standard InChI is InChI=1S/C19H24N4O2/c1-2-23(14-15-7-4-3-5-8-15)18(24)17-10-11-20-19(22-17)21-13-16-9-6-12-25-16/h3-5,7-8,10-11,16H,2,6,9,12-14H2,1H3,(H,20,21,22). The number of carbonyl (C=O) groups is 1. The highest BCUT2D eigenvalue weighted by Gasteiger charge is 2.18. The van der Waals surface area contributed by atoms with Crippen LogP contribution in [0.1, 0.15) is 35.8 Å². The van der Waals surface area contributed by atoms with Crippen LogP contribution in [0.25, 0.3) is 0 Å². The van der Waals surface area contributed by atoms with E-state index >= 15 is 0 Å². The largest absolute Gasteiger partial charge is 0.376 e. The zero-order valence-corrected chi connectivity index (χ0v) is 14.5. The normalized spacial score (nSPS) is 16.6. The fraction of sp³-hybridized carbons (Fsp3) is 0.421. The Morgan fingerprint density at radius 3 is 2.88 bits per heavy atom. The first-order valence-electron chi connectivity index (χ1n) is 8.78. The van der Waals surface area contributed by atoms with Gasteiger partial charge in [-0.05, 0) is 31.4 Å². The van der Waals surface area contributed by atoms with Crippen LogP contribution in [0.5, 0.6) is 0 Å². The number of rotatable bonds is 7. The van der Waals surface area contributed by atoms with E-state index in [0.717, 1.165) is 25.0 Å². The number of anilines is 1. The van der Waals surface area contributed by atoms with E-state index in [2.05, 4.69) is 15.3 Å². The number of amides is 1. The fourth-order valence-corrected chi connectivity index (χ4v) is 2.87. The molecule has 0 bridgehead atoms. The first kappa shape index (κ1) is 17.4. The van der Waals surface area contributed by atoms with Gasteiger partial charge in [0, 0.05) is 32.4 Å². The van der Waals surface area contributed by atoms with E-state index in [-0.39, 0.29) is 12.0 Å². The number of nitrogens with zero attached hydrogens (tertiary/aromatic N) is 3. The molecule has 6 heteroatoms. The third-order valence-corrected chi connectivity index (χ3v) is 4.27. The maximum absolute atomic E-state index is 12.8. The summed E-state index contributed by atoms with van der Waals surface area (Å²) in [7, 11) is 0. The van der Waals surface area contributed by atoms with Crippen LogP contribution in [-0.2, 0) is 11.3 Å². The number of benzene rings is 1. The molecule has 3 rings (SSSR count). The van der Waals surface area contributed by atoms with Gasteiger partial charge in [-0.25, -0.2) is 9.97 Å². The number of ether oxygens (including phenoxy) is 1. The Balaban J connectivity index is 1.64. The Hall–Kier alpha value is -2.47. The van der Waals surface area contributed by atoms with Crippen LogP contribution >= 0.6 is 0 Å². The summed E-state index contributed by atoms with van der Waals surface area (Å²) in [5, 5.41) is 3.17. The number of carbonyl (C=O) groups excluding carboxylic acids is 1. The summed E-state index contributed by atoms with van der Waals surface area (Å²) in [4.78, 5) is 23.1. The van der Waals surface area contributed by atoms with E-state index in [4.69, 9.17) is 4.74 Å². The zero-order chi connectivity index (χ0) is 17.5. The van der Waals surface area contributed by atoms with Crippen LogP contribution in [0.15, 0.2) is 42.6 Å². The Bertz CT molecular complexity index is 687. The lowest BCUT2D eigenvalue weighted by Crippen LogP contribution is -2.31. The number of aromatic nitrogens is 2. The monoisotopic (exact) mass is 340 g/mol. The van der Waals surface area contributed by atoms with Crippen molar-refractivity contribution < 1.29 is 9.53 Å². The molecule has 1 aromatic carbocycles. The molecule has 0 radical (unpaired) electrons. The average Bonchev–Trinajstić information content (AvgIpc) is 3.18. The van der Waals surface area contributed by atoms with E-state index in [1.807, 2.05) is 37.3 Å². The number of nitrogens with one attached hydrogen (secondary N) is 1. The number of hydrogen-bond acceptors (Lipinski definition) is 5. The van der Waals surface area contributed by atoms with Gasteiger partial charge in [0.2, 0.25) is 5.95 Å². The van der Waals surface area contributed by atoms with Gasteiger partial charge in [-0.1, -0.05) is 30.3 Å². The molecule has 2 heterocycles. The second-order valence-electron chi connectivity index (χ2n) is 6.09. The average molecular weight is 340 g/mol. The lowest BCUT2D eigenvalue weighted by molar-refractivity contribution is 0.0746. The molecule has 25 heavy (non-hydrogen) atoms. The molecule has 1 atom stereocenters. The van der Waals surface area contributed by atoms with Crippen LogP contribution in [0.4, 0.5) is 5.95 Å². The highest BCUT2D eigenvalue weighted by Crippen LogP contribution is 2.13. The van der Waals surface area contributed by atoms with Gasteiger partial charge in [-0.2, -0.15) is 0 Å². The minimum absolute atomic E-state index is 0.0890. The minimum Gasteiger partial charge on any atom is -0.376 e. The van der Waals surface area contributed by atoms with Crippen molar-refractivity contribution in [2.45, 2.75) is 32.4 Å². The molecular weight excluding hydrogens is 316 g/mol. The van der Waals surface area contributed by atoms with Crippen molar-refractivity contribution >= 4 is 11.9 Å². The first-order chi connectivity index (χ1) is 12.3. The molecular formula is C19H24N4O2.